The van der Waals surface area contributed by atoms with Crippen molar-refractivity contribution < 1.29 is 13.5 Å². The normalized spacial score (nSPS) is 11.8. The van der Waals surface area contributed by atoms with E-state index in [-0.39, 0.29) is 17.0 Å². The molecule has 0 aromatic heterocycles. The van der Waals surface area contributed by atoms with E-state index in [1.807, 2.05) is 6.07 Å². The molecule has 2 aromatic carbocycles. The van der Waals surface area contributed by atoms with E-state index in [2.05, 4.69) is 0 Å². The number of benzene rings is 2. The van der Waals surface area contributed by atoms with Gasteiger partial charge < -0.3 is 4.74 Å². The van der Waals surface area contributed by atoms with Gasteiger partial charge in [-0.05, 0) is 42.3 Å². The van der Waals surface area contributed by atoms with Crippen LogP contribution in [0.3, 0.4) is 0 Å². The van der Waals surface area contributed by atoms with E-state index in [9.17, 15) is 14.0 Å². The molecule has 0 bridgehead atoms. The standard InChI is InChI=1S/C16H12ClF2NO/c1-21-15-6-5-12(18)8-10(15)7-11(9-20)16-13(17)3-2-4-14(16)19/h2-6,8,11H,7H2,1H3. The molecule has 2 nitrogen and oxygen atoms in total. The Balaban J connectivity index is 2.41. The summed E-state index contributed by atoms with van der Waals surface area (Å²) >= 11 is 5.98. The van der Waals surface area contributed by atoms with E-state index < -0.39 is 17.6 Å². The van der Waals surface area contributed by atoms with Crippen molar-refractivity contribution in [3.8, 4) is 11.8 Å². The quantitative estimate of drug-likeness (QED) is 0.834. The fourth-order valence-electron chi connectivity index (χ4n) is 2.18. The molecule has 0 aliphatic carbocycles. The fraction of sp³-hybridized carbons (Fsp3) is 0.188. The lowest BCUT2D eigenvalue weighted by molar-refractivity contribution is 0.407. The summed E-state index contributed by atoms with van der Waals surface area (Å²) in [6.45, 7) is 0. The maximum Gasteiger partial charge on any atom is 0.129 e. The fourth-order valence-corrected chi connectivity index (χ4v) is 2.48. The maximum absolute atomic E-state index is 13.9. The molecule has 2 rings (SSSR count). The first-order valence-electron chi connectivity index (χ1n) is 6.22. The molecule has 0 spiro atoms. The van der Waals surface area contributed by atoms with E-state index in [0.29, 0.717) is 11.3 Å². The second-order valence-electron chi connectivity index (χ2n) is 4.48. The average molecular weight is 308 g/mol. The number of rotatable bonds is 4. The van der Waals surface area contributed by atoms with E-state index >= 15 is 0 Å². The third-order valence-corrected chi connectivity index (χ3v) is 3.50. The predicted octanol–water partition coefficient (Wildman–Crippen LogP) is 4.48. The minimum absolute atomic E-state index is 0.109. The van der Waals surface area contributed by atoms with Crippen molar-refractivity contribution >= 4 is 11.6 Å². The van der Waals surface area contributed by atoms with Crippen LogP contribution in [0.1, 0.15) is 17.0 Å². The topological polar surface area (TPSA) is 33.0 Å². The molecule has 1 unspecified atom stereocenters. The summed E-state index contributed by atoms with van der Waals surface area (Å²) in [5.74, 6) is -1.37. The maximum atomic E-state index is 13.9. The van der Waals surface area contributed by atoms with Gasteiger partial charge in [0.1, 0.15) is 17.4 Å². The Labute approximate surface area is 126 Å². The largest absolute Gasteiger partial charge is 0.496 e. The number of methoxy groups -OCH3 is 1. The van der Waals surface area contributed by atoms with Crippen LogP contribution in [0.2, 0.25) is 5.02 Å². The van der Waals surface area contributed by atoms with Gasteiger partial charge in [0, 0.05) is 10.6 Å². The summed E-state index contributed by atoms with van der Waals surface area (Å²) in [6, 6.07) is 10.3. The predicted molar refractivity (Wildman–Crippen MR) is 76.4 cm³/mol. The van der Waals surface area contributed by atoms with E-state index in [4.69, 9.17) is 16.3 Å². The number of nitrogens with zero attached hydrogens (tertiary/aromatic N) is 1. The SMILES string of the molecule is COc1ccc(F)cc1CC(C#N)c1c(F)cccc1Cl. The summed E-state index contributed by atoms with van der Waals surface area (Å²) < 4.78 is 32.4. The number of nitriles is 1. The van der Waals surface area contributed by atoms with Gasteiger partial charge in [0.05, 0.1) is 19.1 Å². The lowest BCUT2D eigenvalue weighted by Gasteiger charge is -2.14. The first-order chi connectivity index (χ1) is 10.1. The van der Waals surface area contributed by atoms with Crippen molar-refractivity contribution in [1.82, 2.24) is 0 Å². The molecular weight excluding hydrogens is 296 g/mol. The summed E-state index contributed by atoms with van der Waals surface area (Å²) in [4.78, 5) is 0. The molecule has 0 radical (unpaired) electrons. The first kappa shape index (κ1) is 15.3. The highest BCUT2D eigenvalue weighted by atomic mass is 35.5. The molecule has 1 atom stereocenters. The van der Waals surface area contributed by atoms with Crippen molar-refractivity contribution in [2.75, 3.05) is 7.11 Å². The van der Waals surface area contributed by atoms with E-state index in [1.165, 1.54) is 43.5 Å². The Bertz CT molecular complexity index is 677. The third kappa shape index (κ3) is 3.32. The highest BCUT2D eigenvalue weighted by molar-refractivity contribution is 6.31. The zero-order valence-corrected chi connectivity index (χ0v) is 12.0. The number of hydrogen-bond acceptors (Lipinski definition) is 2. The van der Waals surface area contributed by atoms with Crippen LogP contribution in [-0.2, 0) is 6.42 Å². The van der Waals surface area contributed by atoms with Gasteiger partial charge in [-0.1, -0.05) is 17.7 Å². The molecule has 21 heavy (non-hydrogen) atoms. The molecule has 5 heteroatoms. The van der Waals surface area contributed by atoms with E-state index in [0.717, 1.165) is 0 Å². The molecular formula is C16H12ClF2NO. The van der Waals surface area contributed by atoms with Crippen LogP contribution >= 0.6 is 11.6 Å². The van der Waals surface area contributed by atoms with Crippen LogP contribution in [0.5, 0.6) is 5.75 Å². The van der Waals surface area contributed by atoms with Crippen LogP contribution in [0.4, 0.5) is 8.78 Å². The van der Waals surface area contributed by atoms with Crippen LogP contribution in [0.15, 0.2) is 36.4 Å². The highest BCUT2D eigenvalue weighted by Crippen LogP contribution is 2.32. The molecule has 0 aliphatic heterocycles. The minimum atomic E-state index is -0.825. The molecule has 2 aromatic rings. The van der Waals surface area contributed by atoms with Crippen molar-refractivity contribution in [2.24, 2.45) is 0 Å². The smallest absolute Gasteiger partial charge is 0.129 e. The van der Waals surface area contributed by atoms with Gasteiger partial charge in [-0.25, -0.2) is 8.78 Å². The zero-order valence-electron chi connectivity index (χ0n) is 11.2. The Morgan fingerprint density at radius 1 is 1.29 bits per heavy atom. The van der Waals surface area contributed by atoms with Crippen molar-refractivity contribution in [3.05, 3.63) is 64.2 Å². The van der Waals surface area contributed by atoms with Gasteiger partial charge in [-0.2, -0.15) is 5.26 Å². The third-order valence-electron chi connectivity index (χ3n) is 3.17. The summed E-state index contributed by atoms with van der Waals surface area (Å²) in [7, 11) is 1.45. The highest BCUT2D eigenvalue weighted by Gasteiger charge is 2.21. The van der Waals surface area contributed by atoms with Crippen LogP contribution in [-0.4, -0.2) is 7.11 Å². The molecule has 0 saturated carbocycles. The molecule has 0 N–H and O–H groups in total. The Kier molecular flexibility index (Phi) is 4.77. The Morgan fingerprint density at radius 3 is 2.67 bits per heavy atom. The van der Waals surface area contributed by atoms with Gasteiger partial charge >= 0.3 is 0 Å². The number of ether oxygens (including phenoxy) is 1. The summed E-state index contributed by atoms with van der Waals surface area (Å²) in [6.07, 6.45) is 0.109. The second-order valence-corrected chi connectivity index (χ2v) is 4.88. The summed E-state index contributed by atoms with van der Waals surface area (Å²) in [5, 5.41) is 9.49. The lowest BCUT2D eigenvalue weighted by Crippen LogP contribution is -2.06. The summed E-state index contributed by atoms with van der Waals surface area (Å²) in [5.41, 5.74) is 0.608. The van der Waals surface area contributed by atoms with Gasteiger partial charge in [0.25, 0.3) is 0 Å². The first-order valence-corrected chi connectivity index (χ1v) is 6.60. The second kappa shape index (κ2) is 6.55. The molecule has 0 amide bonds. The molecule has 0 heterocycles. The molecule has 0 saturated heterocycles. The molecule has 108 valence electrons. The monoisotopic (exact) mass is 307 g/mol. The van der Waals surface area contributed by atoms with Crippen molar-refractivity contribution in [3.63, 3.8) is 0 Å². The Hall–Kier alpha value is -2.12. The van der Waals surface area contributed by atoms with E-state index in [1.54, 1.807) is 0 Å². The van der Waals surface area contributed by atoms with Crippen molar-refractivity contribution in [2.45, 2.75) is 12.3 Å². The van der Waals surface area contributed by atoms with Gasteiger partial charge in [0.15, 0.2) is 0 Å². The number of hydrogen-bond donors (Lipinski definition) is 0. The van der Waals surface area contributed by atoms with Gasteiger partial charge in [0.2, 0.25) is 0 Å². The average Bonchev–Trinajstić information content (AvgIpc) is 2.46. The Morgan fingerprint density at radius 2 is 2.05 bits per heavy atom. The lowest BCUT2D eigenvalue weighted by atomic mass is 9.92. The minimum Gasteiger partial charge on any atom is -0.496 e. The molecule has 0 fully saturated rings. The van der Waals surface area contributed by atoms with Gasteiger partial charge in [-0.15, -0.1) is 0 Å². The van der Waals surface area contributed by atoms with Crippen molar-refractivity contribution in [1.29, 1.82) is 5.26 Å². The van der Waals surface area contributed by atoms with Crippen LogP contribution in [0.25, 0.3) is 0 Å². The van der Waals surface area contributed by atoms with Gasteiger partial charge in [-0.3, -0.25) is 0 Å². The number of halogens is 3. The van der Waals surface area contributed by atoms with Crippen LogP contribution < -0.4 is 4.74 Å². The molecule has 0 aliphatic rings. The zero-order chi connectivity index (χ0) is 15.4. The van der Waals surface area contributed by atoms with Crippen LogP contribution in [0, 0.1) is 23.0 Å².